The van der Waals surface area contributed by atoms with Gasteiger partial charge in [0.05, 0.1) is 4.90 Å². The molecule has 2 amide bonds. The monoisotopic (exact) mass is 340 g/mol. The molecule has 1 atom stereocenters. The molecule has 0 radical (unpaired) electrons. The van der Waals surface area contributed by atoms with Gasteiger partial charge in [-0.3, -0.25) is 0 Å². The molecule has 1 aromatic rings. The van der Waals surface area contributed by atoms with E-state index in [0.717, 1.165) is 37.5 Å². The van der Waals surface area contributed by atoms with Crippen LogP contribution in [0.4, 0.5) is 10.5 Å². The maximum atomic E-state index is 12.0. The van der Waals surface area contributed by atoms with Crippen molar-refractivity contribution in [2.24, 2.45) is 5.92 Å². The normalized spacial score (nSPS) is 12.7. The van der Waals surface area contributed by atoms with Gasteiger partial charge in [-0.15, -0.1) is 0 Å². The molecule has 23 heavy (non-hydrogen) atoms. The Morgan fingerprint density at radius 2 is 1.96 bits per heavy atom. The lowest BCUT2D eigenvalue weighted by atomic mass is 9.99. The molecule has 0 saturated carbocycles. The van der Waals surface area contributed by atoms with Crippen LogP contribution < -0.4 is 10.6 Å². The van der Waals surface area contributed by atoms with E-state index < -0.39 is 9.84 Å². The van der Waals surface area contributed by atoms with E-state index in [2.05, 4.69) is 24.5 Å². The average molecular weight is 340 g/mol. The molecule has 0 aliphatic rings. The molecule has 0 spiro atoms. The summed E-state index contributed by atoms with van der Waals surface area (Å²) in [7, 11) is -3.29. The Morgan fingerprint density at radius 1 is 1.26 bits per heavy atom. The molecule has 1 aromatic carbocycles. The first-order valence-electron chi connectivity index (χ1n) is 8.13. The molecule has 0 bridgehead atoms. The van der Waals surface area contributed by atoms with Gasteiger partial charge in [-0.1, -0.05) is 39.2 Å². The summed E-state index contributed by atoms with van der Waals surface area (Å²) in [6, 6.07) is 4.44. The summed E-state index contributed by atoms with van der Waals surface area (Å²) in [5.74, 6) is 0.476. The van der Waals surface area contributed by atoms with Crippen molar-refractivity contribution in [2.75, 3.05) is 18.1 Å². The number of carbonyl (C=O) groups is 1. The zero-order chi connectivity index (χ0) is 17.5. The van der Waals surface area contributed by atoms with E-state index >= 15 is 0 Å². The van der Waals surface area contributed by atoms with Gasteiger partial charge in [-0.2, -0.15) is 0 Å². The Labute approximate surface area is 139 Å². The van der Waals surface area contributed by atoms with Crippen LogP contribution in [-0.2, 0) is 9.84 Å². The zero-order valence-electron chi connectivity index (χ0n) is 14.5. The van der Waals surface area contributed by atoms with Gasteiger partial charge in [0, 0.05) is 18.5 Å². The largest absolute Gasteiger partial charge is 0.338 e. The third kappa shape index (κ3) is 6.60. The standard InChI is InChI=1S/C17H28N2O3S/c1-5-7-8-14(6-2)12-18-17(20)19-16-11-15(23(4,21)22)10-9-13(16)3/h9-11,14H,5-8,12H2,1-4H3,(H2,18,19,20). The molecule has 0 fully saturated rings. The predicted molar refractivity (Wildman–Crippen MR) is 94.6 cm³/mol. The van der Waals surface area contributed by atoms with E-state index in [1.807, 2.05) is 6.92 Å². The van der Waals surface area contributed by atoms with Crippen molar-refractivity contribution >= 4 is 21.6 Å². The number of carbonyl (C=O) groups excluding carboxylic acids is 1. The third-order valence-corrected chi connectivity index (χ3v) is 5.09. The number of nitrogens with one attached hydrogen (secondary N) is 2. The van der Waals surface area contributed by atoms with Crippen molar-refractivity contribution in [1.29, 1.82) is 0 Å². The zero-order valence-corrected chi connectivity index (χ0v) is 15.3. The van der Waals surface area contributed by atoms with E-state index in [1.54, 1.807) is 12.1 Å². The smallest absolute Gasteiger partial charge is 0.319 e. The fourth-order valence-electron chi connectivity index (χ4n) is 2.31. The van der Waals surface area contributed by atoms with Gasteiger partial charge >= 0.3 is 6.03 Å². The molecule has 0 aliphatic carbocycles. The van der Waals surface area contributed by atoms with Gasteiger partial charge in [-0.05, 0) is 37.0 Å². The second kappa shape index (κ2) is 8.91. The van der Waals surface area contributed by atoms with Crippen LogP contribution >= 0.6 is 0 Å². The Morgan fingerprint density at radius 3 is 2.52 bits per heavy atom. The lowest BCUT2D eigenvalue weighted by Gasteiger charge is -2.16. The molecule has 0 saturated heterocycles. The lowest BCUT2D eigenvalue weighted by molar-refractivity contribution is 0.249. The van der Waals surface area contributed by atoms with Gasteiger partial charge in [0.15, 0.2) is 9.84 Å². The quantitative estimate of drug-likeness (QED) is 0.757. The number of anilines is 1. The van der Waals surface area contributed by atoms with Crippen LogP contribution in [0.1, 0.15) is 45.1 Å². The van der Waals surface area contributed by atoms with Crippen LogP contribution in [0.2, 0.25) is 0 Å². The highest BCUT2D eigenvalue weighted by molar-refractivity contribution is 7.90. The van der Waals surface area contributed by atoms with E-state index in [9.17, 15) is 13.2 Å². The Hall–Kier alpha value is -1.56. The SMILES string of the molecule is CCCCC(CC)CNC(=O)Nc1cc(S(C)(=O)=O)ccc1C. The number of benzene rings is 1. The number of rotatable bonds is 8. The van der Waals surface area contributed by atoms with Gasteiger partial charge in [0.25, 0.3) is 0 Å². The van der Waals surface area contributed by atoms with Crippen molar-refractivity contribution in [3.05, 3.63) is 23.8 Å². The second-order valence-electron chi connectivity index (χ2n) is 6.00. The summed E-state index contributed by atoms with van der Waals surface area (Å²) in [5.41, 5.74) is 1.35. The number of aryl methyl sites for hydroxylation is 1. The van der Waals surface area contributed by atoms with E-state index in [1.165, 1.54) is 6.07 Å². The number of urea groups is 1. The number of amides is 2. The van der Waals surface area contributed by atoms with Crippen LogP contribution in [0.25, 0.3) is 0 Å². The minimum Gasteiger partial charge on any atom is -0.338 e. The molecule has 6 heteroatoms. The first-order chi connectivity index (χ1) is 10.8. The van der Waals surface area contributed by atoms with E-state index in [4.69, 9.17) is 0 Å². The summed E-state index contributed by atoms with van der Waals surface area (Å²) < 4.78 is 23.2. The molecule has 1 unspecified atom stereocenters. The number of hydrogen-bond donors (Lipinski definition) is 2. The van der Waals surface area contributed by atoms with Crippen molar-refractivity contribution in [2.45, 2.75) is 51.3 Å². The second-order valence-corrected chi connectivity index (χ2v) is 8.02. The van der Waals surface area contributed by atoms with Gasteiger partial charge in [0.1, 0.15) is 0 Å². The molecule has 5 nitrogen and oxygen atoms in total. The molecule has 130 valence electrons. The average Bonchev–Trinajstić information content (AvgIpc) is 2.48. The minimum absolute atomic E-state index is 0.202. The lowest BCUT2D eigenvalue weighted by Crippen LogP contribution is -2.33. The summed E-state index contributed by atoms with van der Waals surface area (Å²) in [6.45, 7) is 6.74. The summed E-state index contributed by atoms with van der Waals surface area (Å²) in [5, 5.41) is 5.62. The van der Waals surface area contributed by atoms with Gasteiger partial charge in [0.2, 0.25) is 0 Å². The Kier molecular flexibility index (Phi) is 7.55. The van der Waals surface area contributed by atoms with Crippen molar-refractivity contribution in [3.63, 3.8) is 0 Å². The highest BCUT2D eigenvalue weighted by Gasteiger charge is 2.12. The van der Waals surface area contributed by atoms with Crippen molar-refractivity contribution < 1.29 is 13.2 Å². The first kappa shape index (κ1) is 19.5. The summed E-state index contributed by atoms with van der Waals surface area (Å²) in [6.07, 6.45) is 5.61. The number of unbranched alkanes of at least 4 members (excludes halogenated alkanes) is 1. The maximum absolute atomic E-state index is 12.0. The van der Waals surface area contributed by atoms with Crippen LogP contribution in [0.15, 0.2) is 23.1 Å². The van der Waals surface area contributed by atoms with E-state index in [-0.39, 0.29) is 10.9 Å². The van der Waals surface area contributed by atoms with E-state index in [0.29, 0.717) is 18.2 Å². The summed E-state index contributed by atoms with van der Waals surface area (Å²) in [4.78, 5) is 12.2. The first-order valence-corrected chi connectivity index (χ1v) is 10.0. The Bertz CT molecular complexity index is 627. The molecule has 2 N–H and O–H groups in total. The van der Waals surface area contributed by atoms with Gasteiger partial charge < -0.3 is 10.6 Å². The fourth-order valence-corrected chi connectivity index (χ4v) is 2.96. The molecule has 0 heterocycles. The van der Waals surface area contributed by atoms with Crippen LogP contribution in [0.3, 0.4) is 0 Å². The fraction of sp³-hybridized carbons (Fsp3) is 0.588. The molecule has 1 rings (SSSR count). The van der Waals surface area contributed by atoms with Crippen LogP contribution in [0.5, 0.6) is 0 Å². The number of hydrogen-bond acceptors (Lipinski definition) is 3. The van der Waals surface area contributed by atoms with Crippen molar-refractivity contribution in [3.8, 4) is 0 Å². The summed E-state index contributed by atoms with van der Waals surface area (Å²) >= 11 is 0. The van der Waals surface area contributed by atoms with Crippen LogP contribution in [-0.4, -0.2) is 27.2 Å². The maximum Gasteiger partial charge on any atom is 0.319 e. The molecule has 0 aliphatic heterocycles. The Balaban J connectivity index is 2.67. The van der Waals surface area contributed by atoms with Gasteiger partial charge in [-0.25, -0.2) is 13.2 Å². The number of sulfone groups is 1. The molecule has 0 aromatic heterocycles. The topological polar surface area (TPSA) is 75.3 Å². The predicted octanol–water partition coefficient (Wildman–Crippen LogP) is 3.74. The highest BCUT2D eigenvalue weighted by Crippen LogP contribution is 2.20. The molecular formula is C17H28N2O3S. The molecular weight excluding hydrogens is 312 g/mol. The minimum atomic E-state index is -3.29. The highest BCUT2D eigenvalue weighted by atomic mass is 32.2. The van der Waals surface area contributed by atoms with Crippen LogP contribution in [0, 0.1) is 12.8 Å². The van der Waals surface area contributed by atoms with Crippen molar-refractivity contribution in [1.82, 2.24) is 5.32 Å². The third-order valence-electron chi connectivity index (χ3n) is 3.98.